The molecule has 0 atom stereocenters. The number of hydrogen-bond acceptors (Lipinski definition) is 3. The summed E-state index contributed by atoms with van der Waals surface area (Å²) in [4.78, 5) is 7.64. The van der Waals surface area contributed by atoms with Crippen LogP contribution in [0.25, 0.3) is 11.0 Å². The molecule has 0 radical (unpaired) electrons. The standard InChI is InChI=1S/C14H12ClN3O/c1-19-13-7-6-9(15)8-12(13)18-14-16-10-4-2-3-5-11(10)17-14/h2-8H,1H3,(H2,16,17,18). The number of rotatable bonds is 3. The van der Waals surface area contributed by atoms with Gasteiger partial charge in [-0.05, 0) is 30.3 Å². The highest BCUT2D eigenvalue weighted by atomic mass is 35.5. The summed E-state index contributed by atoms with van der Waals surface area (Å²) in [7, 11) is 1.62. The molecule has 5 heteroatoms. The summed E-state index contributed by atoms with van der Waals surface area (Å²) in [6.45, 7) is 0. The van der Waals surface area contributed by atoms with E-state index >= 15 is 0 Å². The Morgan fingerprint density at radius 1 is 1.21 bits per heavy atom. The van der Waals surface area contributed by atoms with Crippen molar-refractivity contribution < 1.29 is 4.74 Å². The molecule has 0 amide bonds. The van der Waals surface area contributed by atoms with Crippen LogP contribution in [0.4, 0.5) is 11.6 Å². The first-order chi connectivity index (χ1) is 9.26. The number of nitrogens with one attached hydrogen (secondary N) is 2. The number of benzene rings is 2. The summed E-state index contributed by atoms with van der Waals surface area (Å²) < 4.78 is 5.28. The highest BCUT2D eigenvalue weighted by molar-refractivity contribution is 6.31. The van der Waals surface area contributed by atoms with Crippen LogP contribution < -0.4 is 10.1 Å². The number of ether oxygens (including phenoxy) is 1. The summed E-state index contributed by atoms with van der Waals surface area (Å²) in [6.07, 6.45) is 0. The molecule has 19 heavy (non-hydrogen) atoms. The summed E-state index contributed by atoms with van der Waals surface area (Å²) in [6, 6.07) is 13.2. The third kappa shape index (κ3) is 2.35. The van der Waals surface area contributed by atoms with Gasteiger partial charge in [0.2, 0.25) is 5.95 Å². The largest absolute Gasteiger partial charge is 0.495 e. The zero-order valence-electron chi connectivity index (χ0n) is 10.3. The van der Waals surface area contributed by atoms with E-state index in [2.05, 4.69) is 15.3 Å². The topological polar surface area (TPSA) is 49.9 Å². The Morgan fingerprint density at radius 2 is 2.05 bits per heavy atom. The van der Waals surface area contributed by atoms with Gasteiger partial charge in [-0.25, -0.2) is 4.98 Å². The van der Waals surface area contributed by atoms with E-state index in [-0.39, 0.29) is 0 Å². The number of para-hydroxylation sites is 2. The third-order valence-corrected chi connectivity index (χ3v) is 3.04. The Bertz CT molecular complexity index is 691. The molecule has 2 N–H and O–H groups in total. The second-order valence-electron chi connectivity index (χ2n) is 4.07. The van der Waals surface area contributed by atoms with Crippen LogP contribution >= 0.6 is 11.6 Å². The highest BCUT2D eigenvalue weighted by Crippen LogP contribution is 2.30. The van der Waals surface area contributed by atoms with Gasteiger partial charge in [0.25, 0.3) is 0 Å². The van der Waals surface area contributed by atoms with Crippen LogP contribution in [-0.2, 0) is 0 Å². The van der Waals surface area contributed by atoms with E-state index in [4.69, 9.17) is 16.3 Å². The number of aromatic amines is 1. The smallest absolute Gasteiger partial charge is 0.205 e. The Morgan fingerprint density at radius 3 is 2.84 bits per heavy atom. The maximum absolute atomic E-state index is 5.99. The van der Waals surface area contributed by atoms with E-state index in [1.807, 2.05) is 30.3 Å². The Hall–Kier alpha value is -2.20. The summed E-state index contributed by atoms with van der Waals surface area (Å²) in [5.74, 6) is 1.37. The molecule has 3 rings (SSSR count). The molecule has 0 unspecified atom stereocenters. The number of fused-ring (bicyclic) bond motifs is 1. The normalized spacial score (nSPS) is 10.6. The van der Waals surface area contributed by atoms with Crippen molar-refractivity contribution in [2.75, 3.05) is 12.4 Å². The predicted octanol–water partition coefficient (Wildman–Crippen LogP) is 3.97. The van der Waals surface area contributed by atoms with Gasteiger partial charge in [-0.15, -0.1) is 0 Å². The first-order valence-corrected chi connectivity index (χ1v) is 6.19. The fourth-order valence-electron chi connectivity index (χ4n) is 1.92. The molecule has 0 fully saturated rings. The van der Waals surface area contributed by atoms with Crippen molar-refractivity contribution in [2.45, 2.75) is 0 Å². The summed E-state index contributed by atoms with van der Waals surface area (Å²) >= 11 is 5.99. The van der Waals surface area contributed by atoms with E-state index in [1.54, 1.807) is 19.2 Å². The SMILES string of the molecule is COc1ccc(Cl)cc1Nc1nc2ccccc2[nH]1. The monoisotopic (exact) mass is 273 g/mol. The fourth-order valence-corrected chi connectivity index (χ4v) is 2.09. The predicted molar refractivity (Wildman–Crippen MR) is 77.4 cm³/mol. The van der Waals surface area contributed by atoms with Crippen LogP contribution in [0.5, 0.6) is 5.75 Å². The van der Waals surface area contributed by atoms with Gasteiger partial charge in [0.05, 0.1) is 23.8 Å². The first kappa shape index (κ1) is 11.9. The van der Waals surface area contributed by atoms with Gasteiger partial charge in [-0.1, -0.05) is 23.7 Å². The molecule has 0 saturated heterocycles. The highest BCUT2D eigenvalue weighted by Gasteiger charge is 2.07. The third-order valence-electron chi connectivity index (χ3n) is 2.80. The molecule has 1 heterocycles. The van der Waals surface area contributed by atoms with Crippen molar-refractivity contribution >= 4 is 34.3 Å². The average Bonchev–Trinajstić information content (AvgIpc) is 2.81. The zero-order valence-corrected chi connectivity index (χ0v) is 11.0. The van der Waals surface area contributed by atoms with Gasteiger partial charge in [0.15, 0.2) is 0 Å². The quantitative estimate of drug-likeness (QED) is 0.759. The van der Waals surface area contributed by atoms with Crippen molar-refractivity contribution in [1.82, 2.24) is 9.97 Å². The second kappa shape index (κ2) is 4.82. The number of nitrogens with zero attached hydrogens (tertiary/aromatic N) is 1. The molecule has 3 aromatic rings. The molecule has 0 bridgehead atoms. The maximum Gasteiger partial charge on any atom is 0.205 e. The molecule has 0 saturated carbocycles. The van der Waals surface area contributed by atoms with Crippen molar-refractivity contribution in [2.24, 2.45) is 0 Å². The molecular weight excluding hydrogens is 262 g/mol. The Balaban J connectivity index is 1.98. The Labute approximate surface area is 115 Å². The molecule has 96 valence electrons. The van der Waals surface area contributed by atoms with Crippen molar-refractivity contribution in [3.8, 4) is 5.75 Å². The second-order valence-corrected chi connectivity index (χ2v) is 4.51. The van der Waals surface area contributed by atoms with Gasteiger partial charge >= 0.3 is 0 Å². The Kier molecular flexibility index (Phi) is 3.01. The minimum atomic E-state index is 0.638. The number of aromatic nitrogens is 2. The van der Waals surface area contributed by atoms with E-state index in [1.165, 1.54) is 0 Å². The number of anilines is 2. The molecule has 4 nitrogen and oxygen atoms in total. The van der Waals surface area contributed by atoms with Crippen LogP contribution in [0.3, 0.4) is 0 Å². The minimum absolute atomic E-state index is 0.638. The number of halogens is 1. The average molecular weight is 274 g/mol. The summed E-state index contributed by atoms with van der Waals surface area (Å²) in [5.41, 5.74) is 2.66. The van der Waals surface area contributed by atoms with E-state index in [0.29, 0.717) is 16.7 Å². The van der Waals surface area contributed by atoms with Crippen molar-refractivity contribution in [3.05, 3.63) is 47.5 Å². The minimum Gasteiger partial charge on any atom is -0.495 e. The maximum atomic E-state index is 5.99. The zero-order chi connectivity index (χ0) is 13.2. The number of methoxy groups -OCH3 is 1. The van der Waals surface area contributed by atoms with Crippen LogP contribution in [-0.4, -0.2) is 17.1 Å². The lowest BCUT2D eigenvalue weighted by atomic mass is 10.3. The van der Waals surface area contributed by atoms with Crippen LogP contribution in [0.2, 0.25) is 5.02 Å². The molecule has 0 aliphatic carbocycles. The number of imidazole rings is 1. The van der Waals surface area contributed by atoms with E-state index in [0.717, 1.165) is 16.7 Å². The molecule has 0 aliphatic heterocycles. The van der Waals surface area contributed by atoms with E-state index < -0.39 is 0 Å². The van der Waals surface area contributed by atoms with Gasteiger partial charge in [-0.2, -0.15) is 0 Å². The summed E-state index contributed by atoms with van der Waals surface area (Å²) in [5, 5.41) is 3.82. The van der Waals surface area contributed by atoms with Crippen LogP contribution in [0.1, 0.15) is 0 Å². The van der Waals surface area contributed by atoms with Crippen molar-refractivity contribution in [3.63, 3.8) is 0 Å². The molecule has 2 aromatic carbocycles. The van der Waals surface area contributed by atoms with Crippen LogP contribution in [0.15, 0.2) is 42.5 Å². The lowest BCUT2D eigenvalue weighted by Crippen LogP contribution is -1.95. The lowest BCUT2D eigenvalue weighted by molar-refractivity contribution is 0.417. The van der Waals surface area contributed by atoms with Gasteiger partial charge < -0.3 is 15.0 Å². The fraction of sp³-hybridized carbons (Fsp3) is 0.0714. The van der Waals surface area contributed by atoms with Gasteiger partial charge in [0, 0.05) is 5.02 Å². The van der Waals surface area contributed by atoms with Gasteiger partial charge in [0.1, 0.15) is 5.75 Å². The number of H-pyrrole nitrogens is 1. The molecule has 0 spiro atoms. The lowest BCUT2D eigenvalue weighted by Gasteiger charge is -2.09. The van der Waals surface area contributed by atoms with Crippen molar-refractivity contribution in [1.29, 1.82) is 0 Å². The van der Waals surface area contributed by atoms with Crippen LogP contribution in [0, 0.1) is 0 Å². The molecule has 0 aliphatic rings. The molecule has 1 aromatic heterocycles. The molecular formula is C14H12ClN3O. The van der Waals surface area contributed by atoms with E-state index in [9.17, 15) is 0 Å². The van der Waals surface area contributed by atoms with Gasteiger partial charge in [-0.3, -0.25) is 0 Å². The number of hydrogen-bond donors (Lipinski definition) is 2. The first-order valence-electron chi connectivity index (χ1n) is 5.81.